The minimum Gasteiger partial charge on any atom is -0.870 e. The van der Waals surface area contributed by atoms with E-state index in [0.717, 1.165) is 40.0 Å². The molecule has 0 radical (unpaired) electrons. The molecule has 8 aromatic rings. The first kappa shape index (κ1) is 37.3. The van der Waals surface area contributed by atoms with E-state index >= 15 is 0 Å². The number of carbonyl (C=O) groups is 2. The maximum atomic E-state index is 12.1. The Kier molecular flexibility index (Phi) is 11.4. The number of nitrogens with zero attached hydrogens (tertiary/aromatic N) is 10. The summed E-state index contributed by atoms with van der Waals surface area (Å²) < 4.78 is 12.2. The van der Waals surface area contributed by atoms with Crippen LogP contribution in [0.4, 0.5) is 0 Å². The van der Waals surface area contributed by atoms with E-state index in [9.17, 15) is 14.7 Å². The maximum absolute atomic E-state index is 12.1. The van der Waals surface area contributed by atoms with Crippen LogP contribution >= 0.6 is 0 Å². The van der Waals surface area contributed by atoms with Crippen molar-refractivity contribution in [2.75, 3.05) is 6.61 Å². The predicted molar refractivity (Wildman–Crippen MR) is 185 cm³/mol. The van der Waals surface area contributed by atoms with Crippen LogP contribution in [-0.2, 0) is 4.74 Å². The molecule has 8 aromatic heterocycles. The molecule has 0 saturated carbocycles. The first-order valence-corrected chi connectivity index (χ1v) is 15.6. The van der Waals surface area contributed by atoms with Gasteiger partial charge in [-0.3, -0.25) is 17.9 Å². The van der Waals surface area contributed by atoms with Crippen molar-refractivity contribution in [1.29, 1.82) is 0 Å². The summed E-state index contributed by atoms with van der Waals surface area (Å²) in [6.45, 7) is 5.96. The van der Waals surface area contributed by atoms with Gasteiger partial charge in [0.2, 0.25) is 0 Å². The predicted octanol–water partition coefficient (Wildman–Crippen LogP) is 2.48. The topological polar surface area (TPSA) is 190 Å². The van der Waals surface area contributed by atoms with Crippen LogP contribution in [0.1, 0.15) is 39.3 Å². The molecule has 0 unspecified atom stereocenters. The van der Waals surface area contributed by atoms with Gasteiger partial charge in [0.05, 0.1) is 30.4 Å². The summed E-state index contributed by atoms with van der Waals surface area (Å²) in [5.41, 5.74) is 6.73. The van der Waals surface area contributed by atoms with Gasteiger partial charge in [-0.1, -0.05) is 12.1 Å². The summed E-state index contributed by atoms with van der Waals surface area (Å²) in [5, 5.41) is 9.27. The number of hydrogen-bond acceptors (Lipinski definition) is 10. The first-order valence-electron chi connectivity index (χ1n) is 15.6. The Labute approximate surface area is 318 Å². The van der Waals surface area contributed by atoms with E-state index in [2.05, 4.69) is 29.9 Å². The van der Waals surface area contributed by atoms with Crippen molar-refractivity contribution in [3.63, 3.8) is 0 Å². The molecule has 0 aliphatic heterocycles. The van der Waals surface area contributed by atoms with Crippen LogP contribution in [0.2, 0.25) is 0 Å². The molecule has 16 heteroatoms. The number of pyridine rings is 4. The number of esters is 1. The minimum atomic E-state index is -1.02. The van der Waals surface area contributed by atoms with Gasteiger partial charge < -0.3 is 15.3 Å². The summed E-state index contributed by atoms with van der Waals surface area (Å²) in [4.78, 5) is 49.7. The van der Waals surface area contributed by atoms with Crippen molar-refractivity contribution < 1.29 is 54.5 Å². The number of carboxylic acids is 1. The SMILES string of the molecule is CCOC(=O)c1cnc2ccc(-n3ccnc3-c3cccc(C)n3)cn12.Cc1cccc(-c2nccn2-c2ccc3ncc(C(=O)O)n3c2)n1.[Na+].[OH-]. The number of rotatable bonds is 7. The third-order valence-corrected chi connectivity index (χ3v) is 7.76. The minimum absolute atomic E-state index is 0. The van der Waals surface area contributed by atoms with Crippen LogP contribution in [0.3, 0.4) is 0 Å². The van der Waals surface area contributed by atoms with Crippen LogP contribution in [0.25, 0.3) is 45.7 Å². The quantitative estimate of drug-likeness (QED) is 0.189. The zero-order valence-electron chi connectivity index (χ0n) is 28.7. The van der Waals surface area contributed by atoms with Crippen molar-refractivity contribution >= 4 is 23.2 Å². The van der Waals surface area contributed by atoms with Gasteiger partial charge in [-0.15, -0.1) is 0 Å². The Morgan fingerprint density at radius 3 is 1.63 bits per heavy atom. The average Bonchev–Trinajstić information content (AvgIpc) is 3.94. The van der Waals surface area contributed by atoms with E-state index in [4.69, 9.17) is 4.74 Å². The molecule has 2 N–H and O–H groups in total. The van der Waals surface area contributed by atoms with E-state index in [1.165, 1.54) is 12.4 Å². The molecule has 0 saturated heterocycles. The second-order valence-corrected chi connectivity index (χ2v) is 11.1. The van der Waals surface area contributed by atoms with E-state index in [-0.39, 0.29) is 40.7 Å². The second kappa shape index (κ2) is 15.9. The third-order valence-electron chi connectivity index (χ3n) is 7.76. The van der Waals surface area contributed by atoms with E-state index < -0.39 is 11.9 Å². The van der Waals surface area contributed by atoms with Gasteiger partial charge in [-0.25, -0.2) is 39.5 Å². The standard InChI is InChI=1S/C19H17N5O2.C17H13N5O2.Na.H2O/c1-3-26-19(25)16-11-21-17-8-7-14(12-24(16)17)23-10-9-20-18(23)15-6-4-5-13(2)22-15;1-11-3-2-4-13(20-11)16-18-7-8-21(16)12-5-6-15-19-9-14(17(23)24)22(15)10-12;;/h4-12H,3H2,1-2H3;2-10H,1H3,(H,23,24);;1H2/q;;+1;/p-1. The molecule has 52 heavy (non-hydrogen) atoms. The fourth-order valence-electron chi connectivity index (χ4n) is 5.48. The number of aromatic carboxylic acids is 1. The number of ether oxygens (including phenoxy) is 1. The molecule has 8 heterocycles. The molecule has 0 aliphatic carbocycles. The fraction of sp³-hybridized carbons (Fsp3) is 0.111. The molecule has 8 rings (SSSR count). The molecular formula is C36H31N10NaO5. The van der Waals surface area contributed by atoms with Crippen LogP contribution in [0, 0.1) is 13.8 Å². The Bertz CT molecular complexity index is 2520. The maximum Gasteiger partial charge on any atom is 1.00 e. The Morgan fingerprint density at radius 1 is 0.692 bits per heavy atom. The number of imidazole rings is 4. The molecule has 0 aromatic carbocycles. The molecule has 15 nitrogen and oxygen atoms in total. The van der Waals surface area contributed by atoms with Gasteiger partial charge in [0.25, 0.3) is 0 Å². The number of carbonyl (C=O) groups excluding carboxylic acids is 1. The number of fused-ring (bicyclic) bond motifs is 2. The van der Waals surface area contributed by atoms with Crippen molar-refractivity contribution in [1.82, 2.24) is 47.8 Å². The van der Waals surface area contributed by atoms with Gasteiger partial charge in [-0.2, -0.15) is 0 Å². The molecule has 0 fully saturated rings. The fourth-order valence-corrected chi connectivity index (χ4v) is 5.48. The first-order chi connectivity index (χ1) is 24.3. The Morgan fingerprint density at radius 2 is 1.17 bits per heavy atom. The molecule has 0 spiro atoms. The van der Waals surface area contributed by atoms with Crippen molar-refractivity contribution in [2.24, 2.45) is 0 Å². The molecule has 0 bridgehead atoms. The van der Waals surface area contributed by atoms with Crippen LogP contribution in [0.15, 0.2) is 110 Å². The summed E-state index contributed by atoms with van der Waals surface area (Å²) in [6.07, 6.45) is 13.5. The molecule has 0 atom stereocenters. The molecule has 256 valence electrons. The van der Waals surface area contributed by atoms with E-state index in [1.807, 2.05) is 96.2 Å². The van der Waals surface area contributed by atoms with Crippen molar-refractivity contribution in [2.45, 2.75) is 20.8 Å². The smallest absolute Gasteiger partial charge is 0.870 e. The number of aromatic nitrogens is 10. The van der Waals surface area contributed by atoms with E-state index in [0.29, 0.717) is 29.4 Å². The normalized spacial score (nSPS) is 10.6. The average molecular weight is 707 g/mol. The van der Waals surface area contributed by atoms with E-state index in [1.54, 1.807) is 40.4 Å². The number of aryl methyl sites for hydroxylation is 2. The van der Waals surface area contributed by atoms with Gasteiger partial charge in [-0.05, 0) is 69.3 Å². The van der Waals surface area contributed by atoms with Gasteiger partial charge in [0, 0.05) is 48.6 Å². The Balaban J connectivity index is 0.000000194. The Hall–Kier alpha value is -6.00. The van der Waals surface area contributed by atoms with Crippen molar-refractivity contribution in [3.8, 4) is 34.4 Å². The summed E-state index contributed by atoms with van der Waals surface area (Å²) in [5.74, 6) is -0.00454. The molecule has 0 aliphatic rings. The summed E-state index contributed by atoms with van der Waals surface area (Å²) in [6, 6.07) is 19.0. The number of hydrogen-bond donors (Lipinski definition) is 1. The zero-order chi connectivity index (χ0) is 34.8. The van der Waals surface area contributed by atoms with Crippen LogP contribution in [0.5, 0.6) is 0 Å². The third kappa shape index (κ3) is 7.38. The van der Waals surface area contributed by atoms with Gasteiger partial charge in [0.15, 0.2) is 23.0 Å². The van der Waals surface area contributed by atoms with Gasteiger partial charge >= 0.3 is 41.5 Å². The largest absolute Gasteiger partial charge is 1.00 e. The number of carboxylic acid groups (broad SMARTS) is 1. The summed E-state index contributed by atoms with van der Waals surface area (Å²) >= 11 is 0. The van der Waals surface area contributed by atoms with Crippen LogP contribution in [-0.4, -0.2) is 77.0 Å². The second-order valence-electron chi connectivity index (χ2n) is 11.1. The monoisotopic (exact) mass is 706 g/mol. The zero-order valence-corrected chi connectivity index (χ0v) is 30.7. The van der Waals surface area contributed by atoms with Crippen molar-refractivity contribution in [3.05, 3.63) is 133 Å². The molecular weight excluding hydrogens is 675 g/mol. The van der Waals surface area contributed by atoms with Gasteiger partial charge in [0.1, 0.15) is 22.7 Å². The summed E-state index contributed by atoms with van der Waals surface area (Å²) in [7, 11) is 0. The van der Waals surface area contributed by atoms with Crippen LogP contribution < -0.4 is 29.6 Å². The molecule has 0 amide bonds.